The van der Waals surface area contributed by atoms with Crippen molar-refractivity contribution >= 4 is 5.71 Å². The molecule has 1 N–H and O–H groups in total. The molecule has 3 heteroatoms. The molecule has 0 aromatic carbocycles. The largest absolute Gasteiger partial charge is 0.411 e. The van der Waals surface area contributed by atoms with Gasteiger partial charge in [0.15, 0.2) is 0 Å². The smallest absolute Gasteiger partial charge is 0.0582 e. The third-order valence-corrected chi connectivity index (χ3v) is 2.75. The zero-order valence-corrected chi connectivity index (χ0v) is 9.04. The van der Waals surface area contributed by atoms with Gasteiger partial charge in [-0.25, -0.2) is 0 Å². The molecule has 0 radical (unpaired) electrons. The number of rotatable bonds is 5. The van der Waals surface area contributed by atoms with Crippen LogP contribution < -0.4 is 0 Å². The van der Waals surface area contributed by atoms with Crippen LogP contribution in [0.4, 0.5) is 0 Å². The Balaban J connectivity index is 2.04. The Kier molecular flexibility index (Phi) is 5.60. The summed E-state index contributed by atoms with van der Waals surface area (Å²) < 4.78 is 5.74. The Morgan fingerprint density at radius 1 is 1.36 bits per heavy atom. The average molecular weight is 199 g/mol. The molecule has 0 aromatic rings. The molecular formula is C11H21NO2. The highest BCUT2D eigenvalue weighted by Crippen LogP contribution is 2.19. The van der Waals surface area contributed by atoms with Gasteiger partial charge in [-0.3, -0.25) is 0 Å². The summed E-state index contributed by atoms with van der Waals surface area (Å²) in [4.78, 5) is 0. The first kappa shape index (κ1) is 11.5. The van der Waals surface area contributed by atoms with Gasteiger partial charge < -0.3 is 9.94 Å². The van der Waals surface area contributed by atoms with E-state index in [0.717, 1.165) is 38.0 Å². The summed E-state index contributed by atoms with van der Waals surface area (Å²) in [5, 5.41) is 11.8. The molecule has 3 nitrogen and oxygen atoms in total. The fourth-order valence-electron chi connectivity index (χ4n) is 1.79. The fourth-order valence-corrected chi connectivity index (χ4v) is 1.79. The van der Waals surface area contributed by atoms with E-state index in [9.17, 15) is 0 Å². The van der Waals surface area contributed by atoms with E-state index >= 15 is 0 Å². The van der Waals surface area contributed by atoms with Crippen LogP contribution in [0.25, 0.3) is 0 Å². The lowest BCUT2D eigenvalue weighted by Crippen LogP contribution is -2.22. The molecular weight excluding hydrogens is 178 g/mol. The lowest BCUT2D eigenvalue weighted by Gasteiger charge is -2.22. The van der Waals surface area contributed by atoms with Crippen LogP contribution in [0, 0.1) is 0 Å². The van der Waals surface area contributed by atoms with E-state index in [0.29, 0.717) is 6.10 Å². The van der Waals surface area contributed by atoms with Crippen LogP contribution in [-0.4, -0.2) is 23.6 Å². The number of hydrogen-bond donors (Lipinski definition) is 1. The Morgan fingerprint density at radius 3 is 2.64 bits per heavy atom. The molecule has 0 amide bonds. The van der Waals surface area contributed by atoms with Gasteiger partial charge >= 0.3 is 0 Å². The summed E-state index contributed by atoms with van der Waals surface area (Å²) in [5.41, 5.74) is 0.929. The van der Waals surface area contributed by atoms with Crippen LogP contribution in [0.3, 0.4) is 0 Å². The van der Waals surface area contributed by atoms with Crippen LogP contribution in [0.2, 0.25) is 0 Å². The van der Waals surface area contributed by atoms with Crippen LogP contribution in [0.15, 0.2) is 5.16 Å². The monoisotopic (exact) mass is 199 g/mol. The zero-order chi connectivity index (χ0) is 10.2. The van der Waals surface area contributed by atoms with Crippen molar-refractivity contribution in [2.75, 3.05) is 6.61 Å². The summed E-state index contributed by atoms with van der Waals surface area (Å²) in [6.45, 7) is 3.09. The Labute approximate surface area is 86.1 Å². The van der Waals surface area contributed by atoms with E-state index < -0.39 is 0 Å². The fraction of sp³-hybridized carbons (Fsp3) is 0.909. The quantitative estimate of drug-likeness (QED) is 0.420. The minimum Gasteiger partial charge on any atom is -0.411 e. The normalized spacial score (nSPS) is 22.4. The molecule has 0 spiro atoms. The first-order chi connectivity index (χ1) is 6.86. The van der Waals surface area contributed by atoms with Crippen molar-refractivity contribution in [3.8, 4) is 0 Å². The summed E-state index contributed by atoms with van der Waals surface area (Å²) in [6, 6.07) is 0. The second-order valence-corrected chi connectivity index (χ2v) is 3.94. The number of oxime groups is 1. The minimum absolute atomic E-state index is 0.400. The first-order valence-corrected chi connectivity index (χ1v) is 5.68. The SMILES string of the molecule is CCCCCOC1CCC(=NO)CC1. The van der Waals surface area contributed by atoms with E-state index in [1.165, 1.54) is 19.3 Å². The van der Waals surface area contributed by atoms with Crippen molar-refractivity contribution in [3.63, 3.8) is 0 Å². The van der Waals surface area contributed by atoms with Crippen molar-refractivity contribution < 1.29 is 9.94 Å². The molecule has 0 aliphatic heterocycles. The third-order valence-electron chi connectivity index (χ3n) is 2.75. The maximum atomic E-state index is 8.57. The lowest BCUT2D eigenvalue weighted by atomic mass is 9.96. The molecule has 0 bridgehead atoms. The van der Waals surface area contributed by atoms with Crippen molar-refractivity contribution in [3.05, 3.63) is 0 Å². The Bertz CT molecular complexity index is 170. The molecule has 82 valence electrons. The molecule has 14 heavy (non-hydrogen) atoms. The maximum absolute atomic E-state index is 8.57. The molecule has 0 aromatic heterocycles. The topological polar surface area (TPSA) is 41.8 Å². The lowest BCUT2D eigenvalue weighted by molar-refractivity contribution is 0.0376. The molecule has 0 unspecified atom stereocenters. The molecule has 0 heterocycles. The van der Waals surface area contributed by atoms with Gasteiger partial charge in [-0.05, 0) is 32.1 Å². The van der Waals surface area contributed by atoms with Crippen molar-refractivity contribution in [1.29, 1.82) is 0 Å². The number of unbranched alkanes of at least 4 members (excludes halogenated alkanes) is 2. The molecule has 1 saturated carbocycles. The number of hydrogen-bond acceptors (Lipinski definition) is 3. The summed E-state index contributed by atoms with van der Waals surface area (Å²) in [5.74, 6) is 0. The van der Waals surface area contributed by atoms with Gasteiger partial charge in [0.2, 0.25) is 0 Å². The Morgan fingerprint density at radius 2 is 2.07 bits per heavy atom. The second kappa shape index (κ2) is 6.82. The number of nitrogens with zero attached hydrogens (tertiary/aromatic N) is 1. The van der Waals surface area contributed by atoms with Gasteiger partial charge in [0, 0.05) is 6.61 Å². The highest BCUT2D eigenvalue weighted by atomic mass is 16.5. The van der Waals surface area contributed by atoms with Gasteiger partial charge in [0.25, 0.3) is 0 Å². The van der Waals surface area contributed by atoms with Crippen molar-refractivity contribution in [2.45, 2.75) is 58.0 Å². The summed E-state index contributed by atoms with van der Waals surface area (Å²) in [7, 11) is 0. The van der Waals surface area contributed by atoms with Crippen molar-refractivity contribution in [1.82, 2.24) is 0 Å². The van der Waals surface area contributed by atoms with Crippen LogP contribution in [0.1, 0.15) is 51.9 Å². The van der Waals surface area contributed by atoms with E-state index in [-0.39, 0.29) is 0 Å². The highest BCUT2D eigenvalue weighted by Gasteiger charge is 2.17. The van der Waals surface area contributed by atoms with E-state index in [2.05, 4.69) is 12.1 Å². The summed E-state index contributed by atoms with van der Waals surface area (Å²) in [6.07, 6.45) is 7.91. The molecule has 0 atom stereocenters. The van der Waals surface area contributed by atoms with Gasteiger partial charge in [0.05, 0.1) is 11.8 Å². The zero-order valence-electron chi connectivity index (χ0n) is 9.04. The van der Waals surface area contributed by atoms with Crippen LogP contribution in [-0.2, 0) is 4.74 Å². The molecule has 1 aliphatic rings. The van der Waals surface area contributed by atoms with Gasteiger partial charge in [-0.2, -0.15) is 0 Å². The Hall–Kier alpha value is -0.570. The van der Waals surface area contributed by atoms with Gasteiger partial charge in [-0.15, -0.1) is 0 Å². The van der Waals surface area contributed by atoms with Crippen molar-refractivity contribution in [2.24, 2.45) is 5.16 Å². The predicted molar refractivity (Wildman–Crippen MR) is 57.0 cm³/mol. The molecule has 1 aliphatic carbocycles. The van der Waals surface area contributed by atoms with Gasteiger partial charge in [-0.1, -0.05) is 24.9 Å². The van der Waals surface area contributed by atoms with Gasteiger partial charge in [0.1, 0.15) is 0 Å². The summed E-state index contributed by atoms with van der Waals surface area (Å²) >= 11 is 0. The standard InChI is InChI=1S/C11H21NO2/c1-2-3-4-9-14-11-7-5-10(12-13)6-8-11/h11,13H,2-9H2,1H3. The van der Waals surface area contributed by atoms with E-state index in [1.807, 2.05) is 0 Å². The molecule has 0 saturated heterocycles. The minimum atomic E-state index is 0.400. The molecule has 1 rings (SSSR count). The second-order valence-electron chi connectivity index (χ2n) is 3.94. The van der Waals surface area contributed by atoms with E-state index in [1.54, 1.807) is 0 Å². The highest BCUT2D eigenvalue weighted by molar-refractivity contribution is 5.84. The first-order valence-electron chi connectivity index (χ1n) is 5.68. The molecule has 1 fully saturated rings. The van der Waals surface area contributed by atoms with E-state index in [4.69, 9.17) is 9.94 Å². The average Bonchev–Trinajstić information content (AvgIpc) is 2.25. The maximum Gasteiger partial charge on any atom is 0.0582 e. The van der Waals surface area contributed by atoms with Crippen LogP contribution in [0.5, 0.6) is 0 Å². The predicted octanol–water partition coefficient (Wildman–Crippen LogP) is 2.97. The van der Waals surface area contributed by atoms with Crippen LogP contribution >= 0.6 is 0 Å². The number of ether oxygens (including phenoxy) is 1. The third kappa shape index (κ3) is 4.09.